The van der Waals surface area contributed by atoms with Crippen molar-refractivity contribution in [2.45, 2.75) is 37.0 Å². The Morgan fingerprint density at radius 3 is 2.67 bits per heavy atom. The van der Waals surface area contributed by atoms with Crippen molar-refractivity contribution in [2.75, 3.05) is 19.6 Å². The van der Waals surface area contributed by atoms with Crippen molar-refractivity contribution in [3.8, 4) is 0 Å². The lowest BCUT2D eigenvalue weighted by Crippen LogP contribution is -2.48. The van der Waals surface area contributed by atoms with Crippen molar-refractivity contribution in [1.82, 2.24) is 9.62 Å². The first-order chi connectivity index (χ1) is 12.8. The molecule has 2 fully saturated rings. The maximum atomic E-state index is 12.4. The number of nitrogens with zero attached hydrogens (tertiary/aromatic N) is 2. The highest BCUT2D eigenvalue weighted by Gasteiger charge is 2.33. The number of nitrogens with one attached hydrogen (secondary N) is 1. The third-order valence-corrected chi connectivity index (χ3v) is 7.20. The lowest BCUT2D eigenvalue weighted by atomic mass is 9.75. The molecule has 148 valence electrons. The van der Waals surface area contributed by atoms with E-state index in [4.69, 9.17) is 11.6 Å². The smallest absolute Gasteiger partial charge is 0.289 e. The highest BCUT2D eigenvalue weighted by atomic mass is 35.5. The number of carbonyl (C=O) groups excluding carboxylic acids is 1. The van der Waals surface area contributed by atoms with Gasteiger partial charge in [0, 0.05) is 19.2 Å². The molecule has 1 aliphatic heterocycles. The van der Waals surface area contributed by atoms with Crippen LogP contribution in [0.1, 0.15) is 32.1 Å². The quantitative estimate of drug-likeness (QED) is 0.587. The third kappa shape index (κ3) is 4.59. The molecule has 1 saturated heterocycles. The van der Waals surface area contributed by atoms with Crippen LogP contribution < -0.4 is 4.72 Å². The summed E-state index contributed by atoms with van der Waals surface area (Å²) >= 11 is 5.71. The van der Waals surface area contributed by atoms with Crippen molar-refractivity contribution in [1.29, 1.82) is 0 Å². The normalized spacial score (nSPS) is 22.9. The molecule has 1 N–H and O–H groups in total. The lowest BCUT2D eigenvalue weighted by Gasteiger charge is -2.41. The molecule has 2 aliphatic rings. The molecule has 0 unspecified atom stereocenters. The minimum absolute atomic E-state index is 0.148. The summed E-state index contributed by atoms with van der Waals surface area (Å²) in [6.45, 7) is 0.960. The van der Waals surface area contributed by atoms with Gasteiger partial charge >= 0.3 is 0 Å². The zero-order chi connectivity index (χ0) is 19.6. The number of nitro benzene ring substituents is 1. The van der Waals surface area contributed by atoms with Gasteiger partial charge in [0.25, 0.3) is 5.69 Å². The Morgan fingerprint density at radius 1 is 1.26 bits per heavy atom. The highest BCUT2D eigenvalue weighted by Crippen LogP contribution is 2.36. The number of amides is 1. The van der Waals surface area contributed by atoms with Crippen LogP contribution in [0.25, 0.3) is 0 Å². The molecule has 1 aromatic rings. The molecular weight excluding hydrogens is 394 g/mol. The van der Waals surface area contributed by atoms with Gasteiger partial charge in [0.1, 0.15) is 5.02 Å². The molecule has 1 aromatic carbocycles. The molecule has 0 radical (unpaired) electrons. The highest BCUT2D eigenvalue weighted by molar-refractivity contribution is 7.89. The van der Waals surface area contributed by atoms with Gasteiger partial charge in [-0.15, -0.1) is 0 Å². The van der Waals surface area contributed by atoms with Crippen LogP contribution in [0.4, 0.5) is 5.69 Å². The molecule has 27 heavy (non-hydrogen) atoms. The van der Waals surface area contributed by atoms with Crippen LogP contribution in [-0.2, 0) is 14.8 Å². The van der Waals surface area contributed by atoms with Gasteiger partial charge in [0.2, 0.25) is 15.9 Å². The SMILES string of the molecule is O=C(CNS(=O)(=O)c1ccc(Cl)c([N+](=O)[O-])c1)N1CC[C@H]2CCCC[C@@H]2C1. The summed E-state index contributed by atoms with van der Waals surface area (Å²) in [5.41, 5.74) is -0.495. The predicted octanol–water partition coefficient (Wildman–Crippen LogP) is 2.57. The minimum Gasteiger partial charge on any atom is -0.341 e. The number of rotatable bonds is 5. The maximum Gasteiger partial charge on any atom is 0.289 e. The van der Waals surface area contributed by atoms with Crippen LogP contribution in [0.2, 0.25) is 5.02 Å². The monoisotopic (exact) mass is 415 g/mol. The Labute approximate surface area is 163 Å². The molecule has 0 bridgehead atoms. The van der Waals surface area contributed by atoms with Crippen molar-refractivity contribution in [3.05, 3.63) is 33.3 Å². The Morgan fingerprint density at radius 2 is 1.96 bits per heavy atom. The summed E-state index contributed by atoms with van der Waals surface area (Å²) < 4.78 is 27.0. The summed E-state index contributed by atoms with van der Waals surface area (Å²) in [5.74, 6) is 0.909. The molecule has 3 rings (SSSR count). The van der Waals surface area contributed by atoms with E-state index in [0.29, 0.717) is 24.9 Å². The molecule has 8 nitrogen and oxygen atoms in total. The first kappa shape index (κ1) is 20.0. The Bertz CT molecular complexity index is 845. The van der Waals surface area contributed by atoms with Gasteiger partial charge in [-0.3, -0.25) is 14.9 Å². The van der Waals surface area contributed by atoms with E-state index >= 15 is 0 Å². The van der Waals surface area contributed by atoms with E-state index in [9.17, 15) is 23.3 Å². The first-order valence-electron chi connectivity index (χ1n) is 8.99. The van der Waals surface area contributed by atoms with Gasteiger partial charge in [-0.2, -0.15) is 0 Å². The van der Waals surface area contributed by atoms with E-state index in [0.717, 1.165) is 25.0 Å². The Kier molecular flexibility index (Phi) is 6.02. The van der Waals surface area contributed by atoms with Crippen LogP contribution in [0.15, 0.2) is 23.1 Å². The largest absolute Gasteiger partial charge is 0.341 e. The molecular formula is C17H22ClN3O5S. The topological polar surface area (TPSA) is 110 Å². The summed E-state index contributed by atoms with van der Waals surface area (Å²) in [6, 6.07) is 3.22. The number of nitro groups is 1. The fourth-order valence-electron chi connectivity index (χ4n) is 3.98. The molecule has 1 amide bonds. The van der Waals surface area contributed by atoms with Gasteiger partial charge < -0.3 is 4.90 Å². The van der Waals surface area contributed by atoms with Crippen LogP contribution in [-0.4, -0.2) is 43.8 Å². The fourth-order valence-corrected chi connectivity index (χ4v) is 5.16. The lowest BCUT2D eigenvalue weighted by molar-refractivity contribution is -0.384. The zero-order valence-corrected chi connectivity index (χ0v) is 16.3. The number of hydrogen-bond donors (Lipinski definition) is 1. The van der Waals surface area contributed by atoms with E-state index in [1.807, 2.05) is 0 Å². The number of fused-ring (bicyclic) bond motifs is 1. The number of likely N-dealkylation sites (tertiary alicyclic amines) is 1. The number of piperidine rings is 1. The van der Waals surface area contributed by atoms with Gasteiger partial charge in [0.15, 0.2) is 0 Å². The number of benzene rings is 1. The minimum atomic E-state index is -4.05. The van der Waals surface area contributed by atoms with Crippen molar-refractivity contribution in [2.24, 2.45) is 11.8 Å². The molecule has 1 aliphatic carbocycles. The summed E-state index contributed by atoms with van der Waals surface area (Å²) in [6.07, 6.45) is 5.74. The van der Waals surface area contributed by atoms with Gasteiger partial charge in [0.05, 0.1) is 16.4 Å². The Hall–Kier alpha value is -1.71. The van der Waals surface area contributed by atoms with Gasteiger partial charge in [-0.25, -0.2) is 13.1 Å². The van der Waals surface area contributed by atoms with Crippen LogP contribution in [0.5, 0.6) is 0 Å². The standard InChI is InChI=1S/C17H22ClN3O5S/c18-15-6-5-14(9-16(15)21(23)24)27(25,26)19-10-17(22)20-8-7-12-3-1-2-4-13(12)11-20/h5-6,9,12-13,19H,1-4,7-8,10-11H2/t12-,13-/m1/s1. The molecule has 2 atom stereocenters. The van der Waals surface area contributed by atoms with Crippen LogP contribution >= 0.6 is 11.6 Å². The first-order valence-corrected chi connectivity index (χ1v) is 10.9. The van der Waals surface area contributed by atoms with Crippen molar-refractivity contribution >= 4 is 33.2 Å². The van der Waals surface area contributed by atoms with E-state index in [-0.39, 0.29) is 22.4 Å². The van der Waals surface area contributed by atoms with E-state index in [2.05, 4.69) is 4.72 Å². The second-order valence-corrected chi connectivity index (χ2v) is 9.30. The second kappa shape index (κ2) is 8.12. The molecule has 0 spiro atoms. The second-order valence-electron chi connectivity index (χ2n) is 7.13. The summed E-state index contributed by atoms with van der Waals surface area (Å²) in [5, 5.41) is 10.8. The van der Waals surface area contributed by atoms with Crippen LogP contribution in [0, 0.1) is 22.0 Å². The van der Waals surface area contributed by atoms with E-state index < -0.39 is 20.6 Å². The summed E-state index contributed by atoms with van der Waals surface area (Å²) in [4.78, 5) is 24.1. The average molecular weight is 416 g/mol. The van der Waals surface area contributed by atoms with Crippen LogP contribution in [0.3, 0.4) is 0 Å². The Balaban J connectivity index is 1.62. The predicted molar refractivity (Wildman–Crippen MR) is 99.9 cm³/mol. The average Bonchev–Trinajstić information content (AvgIpc) is 2.65. The third-order valence-electron chi connectivity index (χ3n) is 5.48. The van der Waals surface area contributed by atoms with Gasteiger partial charge in [-0.05, 0) is 36.8 Å². The zero-order valence-electron chi connectivity index (χ0n) is 14.8. The van der Waals surface area contributed by atoms with Gasteiger partial charge in [-0.1, -0.05) is 30.9 Å². The number of sulfonamides is 1. The maximum absolute atomic E-state index is 12.4. The number of carbonyl (C=O) groups is 1. The molecule has 1 heterocycles. The summed E-state index contributed by atoms with van der Waals surface area (Å²) in [7, 11) is -4.05. The molecule has 1 saturated carbocycles. The van der Waals surface area contributed by atoms with Crippen molar-refractivity contribution < 1.29 is 18.1 Å². The van der Waals surface area contributed by atoms with E-state index in [1.54, 1.807) is 4.90 Å². The van der Waals surface area contributed by atoms with E-state index in [1.165, 1.54) is 25.3 Å². The molecule has 10 heteroatoms. The van der Waals surface area contributed by atoms with Crippen molar-refractivity contribution in [3.63, 3.8) is 0 Å². The molecule has 0 aromatic heterocycles. The number of hydrogen-bond acceptors (Lipinski definition) is 5. The number of halogens is 1. The fraction of sp³-hybridized carbons (Fsp3) is 0.588.